The van der Waals surface area contributed by atoms with E-state index < -0.39 is 0 Å². The molecule has 4 nitrogen and oxygen atoms in total. The molecule has 0 aromatic carbocycles. The van der Waals surface area contributed by atoms with Gasteiger partial charge in [-0.3, -0.25) is 9.59 Å². The topological polar surface area (TPSA) is 52.6 Å². The Balaban J connectivity index is 3.40. The molecular weight excluding hydrogens is 316 g/mol. The molecule has 0 fully saturated rings. The lowest BCUT2D eigenvalue weighted by Gasteiger charge is -2.16. The number of ether oxygens (including phenoxy) is 2. The predicted octanol–water partition coefficient (Wildman–Crippen LogP) is 5.82. The number of unbranched alkanes of at least 4 members (excludes halogenated alkanes) is 8. The Bertz CT molecular complexity index is 339. The Hall–Kier alpha value is -1.06. The van der Waals surface area contributed by atoms with E-state index in [2.05, 4.69) is 6.92 Å². The zero-order valence-corrected chi connectivity index (χ0v) is 17.0. The molecule has 0 rings (SSSR count). The van der Waals surface area contributed by atoms with Crippen LogP contribution in [-0.2, 0) is 19.1 Å². The molecule has 25 heavy (non-hydrogen) atoms. The summed E-state index contributed by atoms with van der Waals surface area (Å²) < 4.78 is 10.5. The minimum atomic E-state index is -0.229. The van der Waals surface area contributed by atoms with Gasteiger partial charge in [0.15, 0.2) is 0 Å². The summed E-state index contributed by atoms with van der Waals surface area (Å²) in [5.41, 5.74) is 0. The number of carbonyl (C=O) groups is 2. The second kappa shape index (κ2) is 16.4. The van der Waals surface area contributed by atoms with Gasteiger partial charge >= 0.3 is 11.9 Å². The van der Waals surface area contributed by atoms with Crippen LogP contribution in [0.5, 0.6) is 0 Å². The zero-order chi connectivity index (χ0) is 18.9. The fraction of sp³-hybridized carbons (Fsp3) is 0.905. The molecule has 0 aliphatic rings. The van der Waals surface area contributed by atoms with Gasteiger partial charge in [0.25, 0.3) is 0 Å². The van der Waals surface area contributed by atoms with Crippen molar-refractivity contribution in [3.8, 4) is 0 Å². The normalized spacial score (nSPS) is 12.2. The molecule has 1 atom stereocenters. The van der Waals surface area contributed by atoms with Crippen LogP contribution in [0.2, 0.25) is 0 Å². The summed E-state index contributed by atoms with van der Waals surface area (Å²) in [4.78, 5) is 23.2. The lowest BCUT2D eigenvalue weighted by molar-refractivity contribution is -0.150. The lowest BCUT2D eigenvalue weighted by Crippen LogP contribution is -2.20. The van der Waals surface area contributed by atoms with Gasteiger partial charge in [-0.15, -0.1) is 0 Å². The Morgan fingerprint density at radius 2 is 1.24 bits per heavy atom. The fourth-order valence-electron chi connectivity index (χ4n) is 2.45. The molecule has 0 bridgehead atoms. The highest BCUT2D eigenvalue weighted by Gasteiger charge is 2.13. The molecule has 0 radical (unpaired) electrons. The second-order valence-electron chi connectivity index (χ2n) is 7.34. The highest BCUT2D eigenvalue weighted by molar-refractivity contribution is 5.72. The van der Waals surface area contributed by atoms with Crippen LogP contribution in [0, 0.1) is 5.92 Å². The maximum Gasteiger partial charge on any atom is 0.306 e. The Morgan fingerprint density at radius 3 is 1.80 bits per heavy atom. The summed E-state index contributed by atoms with van der Waals surface area (Å²) in [5.74, 6) is -0.123. The SMILES string of the molecule is CCCCCCCCCCCOC(=O)CCCC(=O)OC(C)C(C)C. The van der Waals surface area contributed by atoms with Crippen molar-refractivity contribution >= 4 is 11.9 Å². The van der Waals surface area contributed by atoms with Crippen LogP contribution in [0.3, 0.4) is 0 Å². The molecule has 0 spiro atoms. The standard InChI is InChI=1S/C21H40O4/c1-5-6-7-8-9-10-11-12-13-17-24-20(22)15-14-16-21(23)25-19(4)18(2)3/h18-19H,5-17H2,1-4H3. The van der Waals surface area contributed by atoms with Gasteiger partial charge < -0.3 is 9.47 Å². The van der Waals surface area contributed by atoms with E-state index in [1.807, 2.05) is 20.8 Å². The molecule has 0 amide bonds. The van der Waals surface area contributed by atoms with Gasteiger partial charge in [0.2, 0.25) is 0 Å². The zero-order valence-electron chi connectivity index (χ0n) is 17.0. The molecule has 0 heterocycles. The van der Waals surface area contributed by atoms with Crippen LogP contribution in [-0.4, -0.2) is 24.6 Å². The minimum absolute atomic E-state index is 0.0777. The molecule has 0 aliphatic heterocycles. The number of rotatable bonds is 16. The molecule has 0 aliphatic carbocycles. The first-order valence-electron chi connectivity index (χ1n) is 10.3. The van der Waals surface area contributed by atoms with E-state index in [-0.39, 0.29) is 24.5 Å². The van der Waals surface area contributed by atoms with E-state index in [1.54, 1.807) is 0 Å². The van der Waals surface area contributed by atoms with Crippen molar-refractivity contribution in [2.24, 2.45) is 5.92 Å². The molecule has 4 heteroatoms. The maximum absolute atomic E-state index is 11.6. The predicted molar refractivity (Wildman–Crippen MR) is 102 cm³/mol. The van der Waals surface area contributed by atoms with Gasteiger partial charge in [-0.05, 0) is 25.7 Å². The lowest BCUT2D eigenvalue weighted by atomic mass is 10.1. The Labute approximate surface area is 155 Å². The number of carbonyl (C=O) groups excluding carboxylic acids is 2. The van der Waals surface area contributed by atoms with Crippen LogP contribution in [0.25, 0.3) is 0 Å². The molecule has 0 aromatic rings. The van der Waals surface area contributed by atoms with E-state index in [9.17, 15) is 9.59 Å². The second-order valence-corrected chi connectivity index (χ2v) is 7.34. The summed E-state index contributed by atoms with van der Waals surface area (Å²) in [6, 6.07) is 0. The van der Waals surface area contributed by atoms with Gasteiger partial charge in [0.1, 0.15) is 6.10 Å². The van der Waals surface area contributed by atoms with Crippen molar-refractivity contribution < 1.29 is 19.1 Å². The molecular formula is C21H40O4. The Kier molecular flexibility index (Phi) is 15.7. The highest BCUT2D eigenvalue weighted by atomic mass is 16.5. The maximum atomic E-state index is 11.6. The first-order valence-corrected chi connectivity index (χ1v) is 10.3. The van der Waals surface area contributed by atoms with Crippen molar-refractivity contribution in [2.45, 2.75) is 111 Å². The average molecular weight is 357 g/mol. The molecule has 0 N–H and O–H groups in total. The summed E-state index contributed by atoms with van der Waals surface area (Å²) in [5, 5.41) is 0. The van der Waals surface area contributed by atoms with E-state index >= 15 is 0 Å². The van der Waals surface area contributed by atoms with Crippen LogP contribution < -0.4 is 0 Å². The third-order valence-corrected chi connectivity index (χ3v) is 4.53. The summed E-state index contributed by atoms with van der Waals surface area (Å²) >= 11 is 0. The number of esters is 2. The van der Waals surface area contributed by atoms with E-state index in [4.69, 9.17) is 9.47 Å². The Morgan fingerprint density at radius 1 is 0.720 bits per heavy atom. The number of hydrogen-bond donors (Lipinski definition) is 0. The van der Waals surface area contributed by atoms with Crippen molar-refractivity contribution in [3.63, 3.8) is 0 Å². The van der Waals surface area contributed by atoms with Crippen molar-refractivity contribution in [1.29, 1.82) is 0 Å². The van der Waals surface area contributed by atoms with Crippen LogP contribution in [0.1, 0.15) is 105 Å². The molecule has 0 aromatic heterocycles. The van der Waals surface area contributed by atoms with E-state index in [1.165, 1.54) is 44.9 Å². The van der Waals surface area contributed by atoms with Gasteiger partial charge in [-0.25, -0.2) is 0 Å². The largest absolute Gasteiger partial charge is 0.466 e. The highest BCUT2D eigenvalue weighted by Crippen LogP contribution is 2.10. The van der Waals surface area contributed by atoms with Gasteiger partial charge in [0.05, 0.1) is 6.61 Å². The van der Waals surface area contributed by atoms with Crippen LogP contribution >= 0.6 is 0 Å². The molecule has 0 saturated heterocycles. The van der Waals surface area contributed by atoms with E-state index in [0.29, 0.717) is 25.4 Å². The minimum Gasteiger partial charge on any atom is -0.466 e. The summed E-state index contributed by atoms with van der Waals surface area (Å²) in [7, 11) is 0. The first kappa shape index (κ1) is 23.9. The van der Waals surface area contributed by atoms with Crippen LogP contribution in [0.4, 0.5) is 0 Å². The third-order valence-electron chi connectivity index (χ3n) is 4.53. The molecule has 0 saturated carbocycles. The monoisotopic (exact) mass is 356 g/mol. The average Bonchev–Trinajstić information content (AvgIpc) is 2.56. The first-order chi connectivity index (χ1) is 12.0. The summed E-state index contributed by atoms with van der Waals surface area (Å²) in [6.07, 6.45) is 12.3. The van der Waals surface area contributed by atoms with Crippen molar-refractivity contribution in [3.05, 3.63) is 0 Å². The fourth-order valence-corrected chi connectivity index (χ4v) is 2.45. The van der Waals surface area contributed by atoms with Gasteiger partial charge in [-0.2, -0.15) is 0 Å². The third kappa shape index (κ3) is 16.2. The molecule has 148 valence electrons. The van der Waals surface area contributed by atoms with Crippen molar-refractivity contribution in [2.75, 3.05) is 6.61 Å². The molecule has 1 unspecified atom stereocenters. The smallest absolute Gasteiger partial charge is 0.306 e. The van der Waals surface area contributed by atoms with E-state index in [0.717, 1.165) is 12.8 Å². The van der Waals surface area contributed by atoms with Crippen molar-refractivity contribution in [1.82, 2.24) is 0 Å². The van der Waals surface area contributed by atoms with Gasteiger partial charge in [-0.1, -0.05) is 72.1 Å². The number of hydrogen-bond acceptors (Lipinski definition) is 4. The quantitative estimate of drug-likeness (QED) is 0.258. The summed E-state index contributed by atoms with van der Waals surface area (Å²) in [6.45, 7) is 8.66. The van der Waals surface area contributed by atoms with Gasteiger partial charge in [0, 0.05) is 12.8 Å². The van der Waals surface area contributed by atoms with Crippen LogP contribution in [0.15, 0.2) is 0 Å².